The topological polar surface area (TPSA) is 72.2 Å². The lowest BCUT2D eigenvalue weighted by Gasteiger charge is -2.21. The molecule has 0 aromatic heterocycles. The van der Waals surface area contributed by atoms with Gasteiger partial charge >= 0.3 is 0 Å². The average Bonchev–Trinajstić information content (AvgIpc) is 2.25. The second-order valence-electron chi connectivity index (χ2n) is 5.55. The molecule has 0 amide bonds. The second-order valence-corrected chi connectivity index (χ2v) is 7.20. The van der Waals surface area contributed by atoms with E-state index >= 15 is 0 Å². The summed E-state index contributed by atoms with van der Waals surface area (Å²) < 4.78 is 27.5. The van der Waals surface area contributed by atoms with Gasteiger partial charge in [0.05, 0.1) is 4.90 Å². The van der Waals surface area contributed by atoms with Crippen molar-refractivity contribution in [1.82, 2.24) is 4.72 Å². The third-order valence-electron chi connectivity index (χ3n) is 2.65. The highest BCUT2D eigenvalue weighted by molar-refractivity contribution is 7.89. The number of rotatable bonds is 2. The summed E-state index contributed by atoms with van der Waals surface area (Å²) in [5.41, 5.74) is 5.93. The zero-order valence-electron chi connectivity index (χ0n) is 11.7. The summed E-state index contributed by atoms with van der Waals surface area (Å²) in [5, 5.41) is 1.39. The van der Waals surface area contributed by atoms with Gasteiger partial charge in [-0.05, 0) is 32.9 Å². The maximum Gasteiger partial charge on any atom is 0.241 e. The van der Waals surface area contributed by atoms with Crippen LogP contribution in [0.15, 0.2) is 41.3 Å². The van der Waals surface area contributed by atoms with E-state index in [1.165, 1.54) is 0 Å². The van der Waals surface area contributed by atoms with E-state index in [-0.39, 0.29) is 17.3 Å². The second kappa shape index (κ2) is 5.60. The van der Waals surface area contributed by atoms with Crippen molar-refractivity contribution in [3.05, 3.63) is 36.4 Å². The van der Waals surface area contributed by atoms with Crippen molar-refractivity contribution in [3.8, 4) is 0 Å². The van der Waals surface area contributed by atoms with Gasteiger partial charge in [-0.1, -0.05) is 24.3 Å². The number of nitrogens with two attached hydrogens (primary N) is 1. The van der Waals surface area contributed by atoms with Crippen LogP contribution in [-0.2, 0) is 10.0 Å². The van der Waals surface area contributed by atoms with Gasteiger partial charge in [0.1, 0.15) is 0 Å². The zero-order valence-corrected chi connectivity index (χ0v) is 13.3. The predicted octanol–water partition coefficient (Wildman–Crippen LogP) is 2.92. The highest BCUT2D eigenvalue weighted by Crippen LogP contribution is 2.27. The molecule has 2 aromatic rings. The first-order chi connectivity index (χ1) is 8.71. The summed E-state index contributed by atoms with van der Waals surface area (Å²) in [6.07, 6.45) is 0. The Bertz CT molecular complexity index is 722. The molecule has 3 N–H and O–H groups in total. The zero-order chi connectivity index (χ0) is 14.3. The molecule has 0 atom stereocenters. The quantitative estimate of drug-likeness (QED) is 0.837. The minimum atomic E-state index is -3.57. The van der Waals surface area contributed by atoms with Crippen LogP contribution in [0.2, 0.25) is 0 Å². The van der Waals surface area contributed by atoms with Crippen molar-refractivity contribution in [1.29, 1.82) is 0 Å². The first-order valence-corrected chi connectivity index (χ1v) is 7.50. The van der Waals surface area contributed by atoms with Crippen molar-refractivity contribution in [2.75, 3.05) is 5.73 Å². The predicted molar refractivity (Wildman–Crippen MR) is 85.7 cm³/mol. The van der Waals surface area contributed by atoms with Crippen LogP contribution in [0, 0.1) is 0 Å². The average molecular weight is 315 g/mol. The normalized spacial score (nSPS) is 12.2. The molecule has 110 valence electrons. The molecule has 0 aliphatic heterocycles. The Morgan fingerprint density at radius 1 is 1.00 bits per heavy atom. The van der Waals surface area contributed by atoms with E-state index in [0.29, 0.717) is 11.1 Å². The molecule has 20 heavy (non-hydrogen) atoms. The molecule has 0 fully saturated rings. The molecule has 0 radical (unpaired) electrons. The van der Waals surface area contributed by atoms with E-state index in [4.69, 9.17) is 5.73 Å². The van der Waals surface area contributed by atoms with E-state index < -0.39 is 15.6 Å². The van der Waals surface area contributed by atoms with Crippen molar-refractivity contribution < 1.29 is 8.42 Å². The molecule has 0 saturated heterocycles. The molecule has 0 saturated carbocycles. The Morgan fingerprint density at radius 3 is 2.15 bits per heavy atom. The van der Waals surface area contributed by atoms with E-state index in [9.17, 15) is 8.42 Å². The summed E-state index contributed by atoms with van der Waals surface area (Å²) >= 11 is 0. The fourth-order valence-corrected chi connectivity index (χ4v) is 3.64. The smallest absolute Gasteiger partial charge is 0.241 e. The molecule has 2 rings (SSSR count). The number of fused-ring (bicyclic) bond motifs is 1. The van der Waals surface area contributed by atoms with Crippen LogP contribution in [0.25, 0.3) is 10.8 Å². The number of hydrogen-bond donors (Lipinski definition) is 2. The van der Waals surface area contributed by atoms with Gasteiger partial charge in [0.2, 0.25) is 10.0 Å². The van der Waals surface area contributed by atoms with Crippen LogP contribution in [0.3, 0.4) is 0 Å². The Kier molecular flexibility index (Phi) is 4.69. The van der Waals surface area contributed by atoms with Crippen molar-refractivity contribution >= 4 is 38.9 Å². The van der Waals surface area contributed by atoms with E-state index in [0.717, 1.165) is 5.39 Å². The van der Waals surface area contributed by atoms with Crippen LogP contribution in [0.1, 0.15) is 20.8 Å². The number of nitrogens with one attached hydrogen (secondary N) is 1. The lowest BCUT2D eigenvalue weighted by Crippen LogP contribution is -2.40. The van der Waals surface area contributed by atoms with Crippen LogP contribution < -0.4 is 10.5 Å². The summed E-state index contributed by atoms with van der Waals surface area (Å²) in [4.78, 5) is 0.257. The number of hydrogen-bond acceptors (Lipinski definition) is 3. The van der Waals surface area contributed by atoms with Gasteiger partial charge in [-0.3, -0.25) is 0 Å². The monoisotopic (exact) mass is 314 g/mol. The van der Waals surface area contributed by atoms with E-state index in [2.05, 4.69) is 4.72 Å². The minimum Gasteiger partial charge on any atom is -0.398 e. The maximum absolute atomic E-state index is 12.4. The standard InChI is InChI=1S/C14H18N2O2S.ClH/c1-14(2,3)16-19(17,18)13-9-5-6-10-11(13)7-4-8-12(10)15;/h4-9,16H,15H2,1-3H3;1H. The molecule has 0 unspecified atom stereocenters. The fourth-order valence-electron chi connectivity index (χ4n) is 2.00. The van der Waals surface area contributed by atoms with Crippen LogP contribution >= 0.6 is 12.4 Å². The first-order valence-electron chi connectivity index (χ1n) is 6.02. The van der Waals surface area contributed by atoms with Crippen molar-refractivity contribution in [2.24, 2.45) is 0 Å². The van der Waals surface area contributed by atoms with E-state index in [1.807, 2.05) is 26.8 Å². The highest BCUT2D eigenvalue weighted by atomic mass is 35.5. The number of nitrogen functional groups attached to an aromatic ring is 1. The number of anilines is 1. The number of sulfonamides is 1. The third-order valence-corrected chi connectivity index (χ3v) is 4.46. The molecule has 2 aromatic carbocycles. The van der Waals surface area contributed by atoms with Gasteiger partial charge in [0, 0.05) is 22.0 Å². The van der Waals surface area contributed by atoms with Crippen LogP contribution in [0.5, 0.6) is 0 Å². The van der Waals surface area contributed by atoms with Gasteiger partial charge in [-0.25, -0.2) is 13.1 Å². The summed E-state index contributed by atoms with van der Waals surface area (Å²) in [6.45, 7) is 5.43. The van der Waals surface area contributed by atoms with Crippen molar-refractivity contribution in [3.63, 3.8) is 0 Å². The molecule has 0 spiro atoms. The molecular weight excluding hydrogens is 296 g/mol. The SMILES string of the molecule is CC(C)(C)NS(=O)(=O)c1cccc2c(N)cccc12.Cl. The lowest BCUT2D eigenvalue weighted by atomic mass is 10.1. The van der Waals surface area contributed by atoms with Gasteiger partial charge in [0.15, 0.2) is 0 Å². The maximum atomic E-state index is 12.4. The Hall–Kier alpha value is -1.30. The fraction of sp³-hybridized carbons (Fsp3) is 0.286. The van der Waals surface area contributed by atoms with Gasteiger partial charge in [-0.2, -0.15) is 0 Å². The molecule has 0 heterocycles. The summed E-state index contributed by atoms with van der Waals surface area (Å²) in [5.74, 6) is 0. The summed E-state index contributed by atoms with van der Waals surface area (Å²) in [7, 11) is -3.57. The Labute approximate surface area is 125 Å². The largest absolute Gasteiger partial charge is 0.398 e. The van der Waals surface area contributed by atoms with Crippen LogP contribution in [-0.4, -0.2) is 14.0 Å². The van der Waals surface area contributed by atoms with Crippen LogP contribution in [0.4, 0.5) is 5.69 Å². The van der Waals surface area contributed by atoms with Gasteiger partial charge in [0.25, 0.3) is 0 Å². The Morgan fingerprint density at radius 2 is 1.55 bits per heavy atom. The van der Waals surface area contributed by atoms with E-state index in [1.54, 1.807) is 30.3 Å². The summed E-state index contributed by atoms with van der Waals surface area (Å²) in [6, 6.07) is 10.4. The molecule has 0 bridgehead atoms. The number of halogens is 1. The lowest BCUT2D eigenvalue weighted by molar-refractivity contribution is 0.492. The molecule has 4 nitrogen and oxygen atoms in total. The highest BCUT2D eigenvalue weighted by Gasteiger charge is 2.23. The number of benzene rings is 2. The molecule has 6 heteroatoms. The first kappa shape index (κ1) is 16.8. The minimum absolute atomic E-state index is 0. The molecule has 0 aliphatic rings. The van der Waals surface area contributed by atoms with Gasteiger partial charge in [-0.15, -0.1) is 12.4 Å². The molecular formula is C14H19ClN2O2S. The molecule has 0 aliphatic carbocycles. The van der Waals surface area contributed by atoms with Crippen molar-refractivity contribution in [2.45, 2.75) is 31.2 Å². The Balaban J connectivity index is 0.00000200. The van der Waals surface area contributed by atoms with Gasteiger partial charge < -0.3 is 5.73 Å². The third kappa shape index (κ3) is 3.42.